The average Bonchev–Trinajstić information content (AvgIpc) is 3.01. The zero-order valence-electron chi connectivity index (χ0n) is 12.1. The first-order valence-electron chi connectivity index (χ1n) is 6.94. The molecule has 1 aromatic heterocycles. The summed E-state index contributed by atoms with van der Waals surface area (Å²) in [6, 6.07) is 13.0. The molecular weight excluding hydrogens is 300 g/mol. The fourth-order valence-corrected chi connectivity index (χ4v) is 5.82. The molecule has 1 heterocycles. The van der Waals surface area contributed by atoms with Crippen LogP contribution in [-0.4, -0.2) is 23.1 Å². The van der Waals surface area contributed by atoms with Gasteiger partial charge < -0.3 is 0 Å². The van der Waals surface area contributed by atoms with E-state index in [1.54, 1.807) is 41.5 Å². The molecule has 0 N–H and O–H groups in total. The lowest BCUT2D eigenvalue weighted by Crippen LogP contribution is -2.59. The lowest BCUT2D eigenvalue weighted by Gasteiger charge is -2.28. The molecule has 3 aromatic rings. The Hall–Kier alpha value is -2.34. The third kappa shape index (κ3) is 2.82. The van der Waals surface area contributed by atoms with Crippen molar-refractivity contribution in [3.05, 3.63) is 72.6 Å². The summed E-state index contributed by atoms with van der Waals surface area (Å²) in [6.45, 7) is 2.15. The monoisotopic (exact) mass is 315 g/mol. The van der Waals surface area contributed by atoms with Crippen molar-refractivity contribution in [1.82, 2.24) is 15.0 Å². The smallest absolute Gasteiger partial charge is 0.139 e. The van der Waals surface area contributed by atoms with Crippen LogP contribution < -0.4 is 10.4 Å². The van der Waals surface area contributed by atoms with Gasteiger partial charge in [0.2, 0.25) is 0 Å². The van der Waals surface area contributed by atoms with Gasteiger partial charge >= 0.3 is 0 Å². The standard InChI is InChI=1S/C16H15F2N3Si/c1-22(12-21-19-10-11-20-21,15-6-2-13(17)3-7-15)16-8-4-14(18)5-9-16/h2-11H,12H2,1H3. The number of hydrogen-bond donors (Lipinski definition) is 0. The predicted octanol–water partition coefficient (Wildman–Crippen LogP) is 1.99. The summed E-state index contributed by atoms with van der Waals surface area (Å²) in [5.74, 6) is -0.534. The molecule has 0 amide bonds. The van der Waals surface area contributed by atoms with Crippen LogP contribution in [0.15, 0.2) is 60.9 Å². The highest BCUT2D eigenvalue weighted by atomic mass is 28.3. The largest absolute Gasteiger partial charge is 0.207 e. The van der Waals surface area contributed by atoms with Gasteiger partial charge in [-0.15, -0.1) is 0 Å². The van der Waals surface area contributed by atoms with Crippen molar-refractivity contribution in [1.29, 1.82) is 0 Å². The number of benzene rings is 2. The predicted molar refractivity (Wildman–Crippen MR) is 83.7 cm³/mol. The minimum Gasteiger partial charge on any atom is -0.207 e. The highest BCUT2D eigenvalue weighted by Gasteiger charge is 2.33. The maximum absolute atomic E-state index is 13.2. The van der Waals surface area contributed by atoms with Gasteiger partial charge in [-0.05, 0) is 24.3 Å². The first-order chi connectivity index (χ1) is 10.6. The molecule has 0 aliphatic rings. The second kappa shape index (κ2) is 5.80. The molecule has 3 nitrogen and oxygen atoms in total. The van der Waals surface area contributed by atoms with Crippen molar-refractivity contribution in [2.75, 3.05) is 0 Å². The number of hydrogen-bond acceptors (Lipinski definition) is 2. The fourth-order valence-electron chi connectivity index (χ4n) is 2.59. The molecule has 0 atom stereocenters. The van der Waals surface area contributed by atoms with E-state index in [0.717, 1.165) is 10.4 Å². The quantitative estimate of drug-likeness (QED) is 0.689. The van der Waals surface area contributed by atoms with E-state index in [4.69, 9.17) is 0 Å². The minimum absolute atomic E-state index is 0.267. The molecule has 0 bridgehead atoms. The summed E-state index contributed by atoms with van der Waals surface area (Å²) in [5, 5.41) is 10.5. The maximum atomic E-state index is 13.2. The summed E-state index contributed by atoms with van der Waals surface area (Å²) < 4.78 is 26.5. The van der Waals surface area contributed by atoms with E-state index in [1.807, 2.05) is 0 Å². The van der Waals surface area contributed by atoms with Crippen molar-refractivity contribution in [3.8, 4) is 0 Å². The van der Waals surface area contributed by atoms with Gasteiger partial charge in [0, 0.05) is 0 Å². The average molecular weight is 315 g/mol. The van der Waals surface area contributed by atoms with E-state index >= 15 is 0 Å². The molecule has 0 spiro atoms. The first-order valence-corrected chi connectivity index (χ1v) is 9.65. The summed E-state index contributed by atoms with van der Waals surface area (Å²) in [6.07, 6.45) is 3.87. The number of aromatic nitrogens is 3. The molecule has 0 aliphatic heterocycles. The van der Waals surface area contributed by atoms with Crippen molar-refractivity contribution in [2.24, 2.45) is 0 Å². The maximum Gasteiger partial charge on any atom is 0.139 e. The van der Waals surface area contributed by atoms with Gasteiger partial charge in [-0.1, -0.05) is 41.2 Å². The Balaban J connectivity index is 2.08. The first kappa shape index (κ1) is 14.6. The van der Waals surface area contributed by atoms with Gasteiger partial charge in [-0.3, -0.25) is 0 Å². The van der Waals surface area contributed by atoms with Crippen LogP contribution in [0.5, 0.6) is 0 Å². The van der Waals surface area contributed by atoms with E-state index in [0.29, 0.717) is 6.17 Å². The molecule has 2 aromatic carbocycles. The second-order valence-electron chi connectivity index (χ2n) is 5.41. The fraction of sp³-hybridized carbons (Fsp3) is 0.125. The lowest BCUT2D eigenvalue weighted by molar-refractivity contribution is 0.622. The van der Waals surface area contributed by atoms with Crippen LogP contribution >= 0.6 is 0 Å². The molecule has 0 unspecified atom stereocenters. The molecule has 3 rings (SSSR count). The number of nitrogens with zero attached hydrogens (tertiary/aromatic N) is 3. The van der Waals surface area contributed by atoms with Crippen molar-refractivity contribution in [3.63, 3.8) is 0 Å². The van der Waals surface area contributed by atoms with Crippen molar-refractivity contribution >= 4 is 18.4 Å². The zero-order chi connectivity index (χ0) is 15.6. The van der Waals surface area contributed by atoms with Crippen molar-refractivity contribution in [2.45, 2.75) is 12.7 Å². The topological polar surface area (TPSA) is 30.7 Å². The lowest BCUT2D eigenvalue weighted by atomic mass is 10.3. The summed E-state index contributed by atoms with van der Waals surface area (Å²) in [4.78, 5) is 1.64. The van der Waals surface area contributed by atoms with E-state index in [1.165, 1.54) is 24.3 Å². The van der Waals surface area contributed by atoms with Crippen LogP contribution in [0.1, 0.15) is 0 Å². The van der Waals surface area contributed by atoms with Crippen LogP contribution in [0.2, 0.25) is 6.55 Å². The van der Waals surface area contributed by atoms with Crippen LogP contribution in [0.3, 0.4) is 0 Å². The molecule has 6 heteroatoms. The SMILES string of the molecule is C[Si](Cn1nccn1)(c1ccc(F)cc1)c1ccc(F)cc1. The van der Waals surface area contributed by atoms with Gasteiger partial charge in [-0.25, -0.2) is 8.78 Å². The third-order valence-electron chi connectivity index (χ3n) is 3.89. The second-order valence-corrected chi connectivity index (χ2v) is 9.54. The summed E-state index contributed by atoms with van der Waals surface area (Å²) in [5.41, 5.74) is 0. The number of rotatable bonds is 4. The normalized spacial score (nSPS) is 11.6. The van der Waals surface area contributed by atoms with E-state index in [2.05, 4.69) is 16.7 Å². The van der Waals surface area contributed by atoms with Gasteiger partial charge in [0.25, 0.3) is 0 Å². The van der Waals surface area contributed by atoms with E-state index < -0.39 is 8.07 Å². The van der Waals surface area contributed by atoms with Crippen molar-refractivity contribution < 1.29 is 8.78 Å². The molecule has 112 valence electrons. The summed E-state index contributed by atoms with van der Waals surface area (Å²) >= 11 is 0. The van der Waals surface area contributed by atoms with Crippen LogP contribution in [0.4, 0.5) is 8.78 Å². The zero-order valence-corrected chi connectivity index (χ0v) is 13.1. The Morgan fingerprint density at radius 3 is 1.64 bits per heavy atom. The highest BCUT2D eigenvalue weighted by Crippen LogP contribution is 2.09. The van der Waals surface area contributed by atoms with E-state index in [9.17, 15) is 8.78 Å². The molecule has 0 fully saturated rings. The Kier molecular flexibility index (Phi) is 3.85. The van der Waals surface area contributed by atoms with Gasteiger partial charge in [0.1, 0.15) is 19.7 Å². The molecular formula is C16H15F2N3Si. The minimum atomic E-state index is -2.25. The van der Waals surface area contributed by atoms with Crippen LogP contribution in [0, 0.1) is 11.6 Å². The molecule has 0 radical (unpaired) electrons. The van der Waals surface area contributed by atoms with Crippen LogP contribution in [-0.2, 0) is 6.17 Å². The van der Waals surface area contributed by atoms with E-state index in [-0.39, 0.29) is 11.6 Å². The Labute approximate surface area is 128 Å². The third-order valence-corrected chi connectivity index (χ3v) is 8.02. The molecule has 22 heavy (non-hydrogen) atoms. The van der Waals surface area contributed by atoms with Gasteiger partial charge in [0.15, 0.2) is 0 Å². The van der Waals surface area contributed by atoms with Gasteiger partial charge in [0.05, 0.1) is 18.6 Å². The molecule has 0 saturated heterocycles. The molecule has 0 saturated carbocycles. The highest BCUT2D eigenvalue weighted by molar-refractivity contribution is 7.00. The number of halogens is 2. The molecule has 0 aliphatic carbocycles. The Morgan fingerprint density at radius 1 is 0.818 bits per heavy atom. The Bertz CT molecular complexity index is 695. The Morgan fingerprint density at radius 2 is 1.23 bits per heavy atom. The summed E-state index contributed by atoms with van der Waals surface area (Å²) in [7, 11) is -2.25. The van der Waals surface area contributed by atoms with Crippen LogP contribution in [0.25, 0.3) is 0 Å². The van der Waals surface area contributed by atoms with Gasteiger partial charge in [-0.2, -0.15) is 15.0 Å².